The van der Waals surface area contributed by atoms with Gasteiger partial charge in [-0.2, -0.15) is 0 Å². The molecule has 0 aliphatic carbocycles. The first-order valence-corrected chi connectivity index (χ1v) is 6.73. The highest BCUT2D eigenvalue weighted by atomic mass is 15.1. The Kier molecular flexibility index (Phi) is 4.57. The second kappa shape index (κ2) is 6.18. The summed E-state index contributed by atoms with van der Waals surface area (Å²) in [5.74, 6) is 0.621. The number of nitrogens with zero attached hydrogens (tertiary/aromatic N) is 1. The summed E-state index contributed by atoms with van der Waals surface area (Å²) in [5, 5.41) is 3.43. The van der Waals surface area contributed by atoms with Crippen LogP contribution in [0.15, 0.2) is 30.3 Å². The monoisotopic (exact) mass is 232 g/mol. The number of benzene rings is 1. The summed E-state index contributed by atoms with van der Waals surface area (Å²) in [7, 11) is 2.27. The smallest absolute Gasteiger partial charge is 0.0117 e. The lowest BCUT2D eigenvalue weighted by molar-refractivity contribution is 0.191. The van der Waals surface area contributed by atoms with Gasteiger partial charge < -0.3 is 10.2 Å². The summed E-state index contributed by atoms with van der Waals surface area (Å²) < 4.78 is 0. The van der Waals surface area contributed by atoms with Gasteiger partial charge in [0.1, 0.15) is 0 Å². The Morgan fingerprint density at radius 1 is 1.24 bits per heavy atom. The average molecular weight is 232 g/mol. The summed E-state index contributed by atoms with van der Waals surface area (Å²) in [6.45, 7) is 5.84. The number of rotatable bonds is 4. The fourth-order valence-electron chi connectivity index (χ4n) is 2.72. The molecule has 2 nitrogen and oxygen atoms in total. The van der Waals surface area contributed by atoms with Crippen molar-refractivity contribution in [1.29, 1.82) is 0 Å². The van der Waals surface area contributed by atoms with E-state index in [9.17, 15) is 0 Å². The third kappa shape index (κ3) is 3.55. The van der Waals surface area contributed by atoms with E-state index in [0.29, 0.717) is 5.92 Å². The number of hydrogen-bond acceptors (Lipinski definition) is 2. The Morgan fingerprint density at radius 3 is 2.53 bits per heavy atom. The second-order valence-electron chi connectivity index (χ2n) is 5.23. The molecule has 1 aliphatic rings. The normalized spacial score (nSPS) is 19.5. The molecule has 1 unspecified atom stereocenters. The van der Waals surface area contributed by atoms with Crippen LogP contribution in [-0.2, 0) is 0 Å². The van der Waals surface area contributed by atoms with Gasteiger partial charge in [0.05, 0.1) is 0 Å². The third-order valence-electron chi connectivity index (χ3n) is 3.86. The lowest BCUT2D eigenvalue weighted by Gasteiger charge is -2.33. The van der Waals surface area contributed by atoms with Crippen LogP contribution in [0.5, 0.6) is 0 Å². The van der Waals surface area contributed by atoms with Crippen LogP contribution in [0.2, 0.25) is 0 Å². The highest BCUT2D eigenvalue weighted by Gasteiger charge is 2.19. The molecule has 1 aliphatic heterocycles. The van der Waals surface area contributed by atoms with E-state index in [1.165, 1.54) is 31.5 Å². The third-order valence-corrected chi connectivity index (χ3v) is 3.86. The molecule has 0 amide bonds. The van der Waals surface area contributed by atoms with E-state index >= 15 is 0 Å². The lowest BCUT2D eigenvalue weighted by Crippen LogP contribution is -2.42. The zero-order valence-corrected chi connectivity index (χ0v) is 11.0. The Morgan fingerprint density at radius 2 is 1.88 bits per heavy atom. The minimum atomic E-state index is 0.621. The van der Waals surface area contributed by atoms with Gasteiger partial charge in [-0.05, 0) is 44.5 Å². The van der Waals surface area contributed by atoms with Crippen molar-refractivity contribution in [2.24, 2.45) is 0 Å². The maximum Gasteiger partial charge on any atom is 0.0117 e. The number of likely N-dealkylation sites (N-methyl/N-ethyl adjacent to an activating group) is 1. The van der Waals surface area contributed by atoms with E-state index < -0.39 is 0 Å². The Hall–Kier alpha value is -0.860. The number of piperidine rings is 1. The molecule has 94 valence electrons. The van der Waals surface area contributed by atoms with E-state index in [1.807, 2.05) is 0 Å². The fourth-order valence-corrected chi connectivity index (χ4v) is 2.72. The molecule has 1 saturated heterocycles. The molecule has 17 heavy (non-hydrogen) atoms. The van der Waals surface area contributed by atoms with Crippen LogP contribution >= 0.6 is 0 Å². The minimum absolute atomic E-state index is 0.621. The van der Waals surface area contributed by atoms with Crippen molar-refractivity contribution in [2.75, 3.05) is 26.7 Å². The molecular formula is C15H24N2. The molecule has 1 aromatic rings. The number of hydrogen-bond donors (Lipinski definition) is 1. The molecule has 0 spiro atoms. The lowest BCUT2D eigenvalue weighted by atomic mass is 9.98. The van der Waals surface area contributed by atoms with Gasteiger partial charge in [0.2, 0.25) is 0 Å². The Bertz CT molecular complexity index is 317. The van der Waals surface area contributed by atoms with Gasteiger partial charge in [-0.3, -0.25) is 0 Å². The number of nitrogens with one attached hydrogen (secondary N) is 1. The van der Waals surface area contributed by atoms with Crippen molar-refractivity contribution in [3.63, 3.8) is 0 Å². The summed E-state index contributed by atoms with van der Waals surface area (Å²) in [6, 6.07) is 11.6. The molecule has 1 heterocycles. The van der Waals surface area contributed by atoms with Gasteiger partial charge >= 0.3 is 0 Å². The van der Waals surface area contributed by atoms with Crippen LogP contribution in [0.25, 0.3) is 0 Å². The first kappa shape index (κ1) is 12.6. The van der Waals surface area contributed by atoms with Crippen molar-refractivity contribution < 1.29 is 0 Å². The van der Waals surface area contributed by atoms with Crippen LogP contribution in [0.4, 0.5) is 0 Å². The van der Waals surface area contributed by atoms with Gasteiger partial charge in [0.15, 0.2) is 0 Å². The first-order chi connectivity index (χ1) is 8.27. The van der Waals surface area contributed by atoms with Crippen molar-refractivity contribution in [3.8, 4) is 0 Å². The largest absolute Gasteiger partial charge is 0.317 e. The standard InChI is InChI=1S/C15H24N2/c1-13(14-6-4-3-5-7-14)12-17(2)15-8-10-16-11-9-15/h3-7,13,15-16H,8-12H2,1-2H3. The molecule has 1 atom stereocenters. The minimum Gasteiger partial charge on any atom is -0.317 e. The van der Waals surface area contributed by atoms with E-state index in [-0.39, 0.29) is 0 Å². The molecule has 1 aromatic carbocycles. The Labute approximate surface area is 105 Å². The van der Waals surface area contributed by atoms with Gasteiger partial charge in [-0.15, -0.1) is 0 Å². The van der Waals surface area contributed by atoms with E-state index in [2.05, 4.69) is 54.5 Å². The van der Waals surface area contributed by atoms with Crippen LogP contribution < -0.4 is 5.32 Å². The summed E-state index contributed by atoms with van der Waals surface area (Å²) in [6.07, 6.45) is 2.58. The Balaban J connectivity index is 1.87. The van der Waals surface area contributed by atoms with E-state index in [0.717, 1.165) is 12.6 Å². The van der Waals surface area contributed by atoms with E-state index in [4.69, 9.17) is 0 Å². The molecule has 1 N–H and O–H groups in total. The summed E-state index contributed by atoms with van der Waals surface area (Å²) >= 11 is 0. The van der Waals surface area contributed by atoms with Gasteiger partial charge in [-0.25, -0.2) is 0 Å². The molecular weight excluding hydrogens is 208 g/mol. The predicted molar refractivity (Wildman–Crippen MR) is 73.4 cm³/mol. The SMILES string of the molecule is CC(CN(C)C1CCNCC1)c1ccccc1. The predicted octanol–water partition coefficient (Wildman–Crippen LogP) is 2.47. The molecule has 0 bridgehead atoms. The van der Waals surface area contributed by atoms with Crippen molar-refractivity contribution in [1.82, 2.24) is 10.2 Å². The van der Waals surface area contributed by atoms with Gasteiger partial charge in [0, 0.05) is 12.6 Å². The maximum atomic E-state index is 3.43. The maximum absolute atomic E-state index is 3.43. The topological polar surface area (TPSA) is 15.3 Å². The van der Waals surface area contributed by atoms with Crippen molar-refractivity contribution in [2.45, 2.75) is 31.7 Å². The van der Waals surface area contributed by atoms with Crippen LogP contribution in [0, 0.1) is 0 Å². The van der Waals surface area contributed by atoms with Crippen LogP contribution in [0.3, 0.4) is 0 Å². The van der Waals surface area contributed by atoms with Gasteiger partial charge in [-0.1, -0.05) is 37.3 Å². The van der Waals surface area contributed by atoms with Crippen LogP contribution in [0.1, 0.15) is 31.2 Å². The van der Waals surface area contributed by atoms with E-state index in [1.54, 1.807) is 0 Å². The second-order valence-corrected chi connectivity index (χ2v) is 5.23. The molecule has 0 saturated carbocycles. The molecule has 0 radical (unpaired) electrons. The summed E-state index contributed by atoms with van der Waals surface area (Å²) in [4.78, 5) is 2.54. The highest BCUT2D eigenvalue weighted by molar-refractivity contribution is 5.19. The highest BCUT2D eigenvalue weighted by Crippen LogP contribution is 2.18. The quantitative estimate of drug-likeness (QED) is 0.858. The van der Waals surface area contributed by atoms with Gasteiger partial charge in [0.25, 0.3) is 0 Å². The molecule has 1 fully saturated rings. The first-order valence-electron chi connectivity index (χ1n) is 6.73. The van der Waals surface area contributed by atoms with Crippen molar-refractivity contribution >= 4 is 0 Å². The zero-order chi connectivity index (χ0) is 12.1. The van der Waals surface area contributed by atoms with Crippen LogP contribution in [-0.4, -0.2) is 37.6 Å². The average Bonchev–Trinajstić information content (AvgIpc) is 2.40. The fraction of sp³-hybridized carbons (Fsp3) is 0.600. The van der Waals surface area contributed by atoms with Crippen molar-refractivity contribution in [3.05, 3.63) is 35.9 Å². The molecule has 2 heteroatoms. The molecule has 0 aromatic heterocycles. The summed E-state index contributed by atoms with van der Waals surface area (Å²) in [5.41, 5.74) is 1.45. The zero-order valence-electron chi connectivity index (χ0n) is 11.0. The molecule has 2 rings (SSSR count).